The minimum Gasteiger partial charge on any atom is -0.422 e. The highest BCUT2D eigenvalue weighted by Gasteiger charge is 2.21. The van der Waals surface area contributed by atoms with E-state index in [0.717, 1.165) is 32.7 Å². The highest BCUT2D eigenvalue weighted by Crippen LogP contribution is 2.08. The molecule has 4 heteroatoms. The van der Waals surface area contributed by atoms with Gasteiger partial charge in [0.25, 0.3) is 0 Å². The van der Waals surface area contributed by atoms with Crippen LogP contribution in [0.25, 0.3) is 0 Å². The zero-order chi connectivity index (χ0) is 9.36. The molecule has 1 fully saturated rings. The molecule has 0 amide bonds. The summed E-state index contributed by atoms with van der Waals surface area (Å²) in [5, 5.41) is 0. The third-order valence-corrected chi connectivity index (χ3v) is 2.65. The quantitative estimate of drug-likeness (QED) is 0.325. The maximum absolute atomic E-state index is 5.39. The minimum absolute atomic E-state index is 0.362. The lowest BCUT2D eigenvalue weighted by Gasteiger charge is -1.98. The first-order valence-electron chi connectivity index (χ1n) is 4.76. The number of hydrogen-bond donors (Lipinski definition) is 0. The summed E-state index contributed by atoms with van der Waals surface area (Å²) in [7, 11) is 1.40. The SMILES string of the molecule is CO[SiH2]C=CCCCOCC1CO1. The van der Waals surface area contributed by atoms with Gasteiger partial charge in [-0.3, -0.25) is 0 Å². The summed E-state index contributed by atoms with van der Waals surface area (Å²) in [5.41, 5.74) is 2.17. The van der Waals surface area contributed by atoms with E-state index in [1.165, 1.54) is 0 Å². The van der Waals surface area contributed by atoms with Crippen LogP contribution < -0.4 is 0 Å². The molecule has 0 aromatic rings. The van der Waals surface area contributed by atoms with Crippen LogP contribution in [0.2, 0.25) is 0 Å². The summed E-state index contributed by atoms with van der Waals surface area (Å²) in [5.74, 6) is 0. The summed E-state index contributed by atoms with van der Waals surface area (Å²) in [6, 6.07) is 0. The van der Waals surface area contributed by atoms with Crippen molar-refractivity contribution in [2.24, 2.45) is 0 Å². The van der Waals surface area contributed by atoms with Crippen LogP contribution in [0.5, 0.6) is 0 Å². The summed E-state index contributed by atoms with van der Waals surface area (Å²) < 4.78 is 15.4. The van der Waals surface area contributed by atoms with Crippen molar-refractivity contribution in [3.63, 3.8) is 0 Å². The fourth-order valence-corrected chi connectivity index (χ4v) is 1.53. The molecule has 1 atom stereocenters. The van der Waals surface area contributed by atoms with Crippen molar-refractivity contribution in [2.45, 2.75) is 18.9 Å². The van der Waals surface area contributed by atoms with Gasteiger partial charge in [0.05, 0.1) is 13.2 Å². The van der Waals surface area contributed by atoms with Crippen LogP contribution >= 0.6 is 0 Å². The van der Waals surface area contributed by atoms with Crippen molar-refractivity contribution in [1.29, 1.82) is 0 Å². The van der Waals surface area contributed by atoms with Gasteiger partial charge < -0.3 is 13.9 Å². The molecular formula is C9H18O3Si. The topological polar surface area (TPSA) is 31.0 Å². The average Bonchev–Trinajstić information content (AvgIpc) is 2.93. The minimum atomic E-state index is -0.362. The maximum Gasteiger partial charge on any atom is 0.184 e. The zero-order valence-electron chi connectivity index (χ0n) is 8.20. The van der Waals surface area contributed by atoms with Crippen LogP contribution in [0.15, 0.2) is 11.8 Å². The molecule has 0 spiro atoms. The Morgan fingerprint density at radius 2 is 2.46 bits per heavy atom. The second-order valence-electron chi connectivity index (χ2n) is 3.10. The number of allylic oxidation sites excluding steroid dienone is 1. The first-order chi connectivity index (χ1) is 6.43. The third-order valence-electron chi connectivity index (χ3n) is 1.80. The van der Waals surface area contributed by atoms with Gasteiger partial charge in [0.15, 0.2) is 9.76 Å². The lowest BCUT2D eigenvalue weighted by Crippen LogP contribution is -2.02. The van der Waals surface area contributed by atoms with Gasteiger partial charge in [-0.2, -0.15) is 0 Å². The molecule has 1 aliphatic rings. The second-order valence-corrected chi connectivity index (χ2v) is 4.48. The van der Waals surface area contributed by atoms with Crippen molar-refractivity contribution < 1.29 is 13.9 Å². The van der Waals surface area contributed by atoms with E-state index in [0.29, 0.717) is 6.10 Å². The first-order valence-corrected chi connectivity index (χ1v) is 6.16. The molecule has 0 saturated carbocycles. The Balaban J connectivity index is 1.72. The van der Waals surface area contributed by atoms with E-state index >= 15 is 0 Å². The molecule has 1 heterocycles. The Morgan fingerprint density at radius 3 is 3.15 bits per heavy atom. The van der Waals surface area contributed by atoms with Crippen LogP contribution in [-0.4, -0.2) is 42.8 Å². The fourth-order valence-electron chi connectivity index (χ4n) is 0.964. The van der Waals surface area contributed by atoms with Crippen LogP contribution in [0.4, 0.5) is 0 Å². The van der Waals surface area contributed by atoms with E-state index in [1.54, 1.807) is 7.11 Å². The van der Waals surface area contributed by atoms with Gasteiger partial charge in [0.1, 0.15) is 6.10 Å². The van der Waals surface area contributed by atoms with Crippen molar-refractivity contribution in [3.8, 4) is 0 Å². The molecule has 76 valence electrons. The third kappa shape index (κ3) is 6.95. The molecule has 3 nitrogen and oxygen atoms in total. The number of ether oxygens (including phenoxy) is 2. The summed E-state index contributed by atoms with van der Waals surface area (Å²) >= 11 is 0. The van der Waals surface area contributed by atoms with Crippen LogP contribution in [0.3, 0.4) is 0 Å². The molecule has 0 N–H and O–H groups in total. The van der Waals surface area contributed by atoms with Gasteiger partial charge >= 0.3 is 0 Å². The van der Waals surface area contributed by atoms with Gasteiger partial charge in [-0.1, -0.05) is 11.8 Å². The normalized spacial score (nSPS) is 22.1. The molecule has 0 radical (unpaired) electrons. The van der Waals surface area contributed by atoms with Crippen molar-refractivity contribution in [2.75, 3.05) is 26.9 Å². The van der Waals surface area contributed by atoms with Gasteiger partial charge in [-0.15, -0.1) is 0 Å². The summed E-state index contributed by atoms with van der Waals surface area (Å²) in [4.78, 5) is 0. The lowest BCUT2D eigenvalue weighted by atomic mass is 10.3. The highest BCUT2D eigenvalue weighted by molar-refractivity contribution is 6.34. The van der Waals surface area contributed by atoms with Crippen molar-refractivity contribution >= 4 is 9.76 Å². The molecule has 0 aromatic heterocycles. The van der Waals surface area contributed by atoms with E-state index in [1.807, 2.05) is 0 Å². The molecule has 1 unspecified atom stereocenters. The van der Waals surface area contributed by atoms with Crippen molar-refractivity contribution in [3.05, 3.63) is 11.8 Å². The van der Waals surface area contributed by atoms with Gasteiger partial charge in [0, 0.05) is 13.7 Å². The van der Waals surface area contributed by atoms with E-state index in [2.05, 4.69) is 11.8 Å². The van der Waals surface area contributed by atoms with Gasteiger partial charge in [0.2, 0.25) is 0 Å². The van der Waals surface area contributed by atoms with Gasteiger partial charge in [-0.05, 0) is 12.8 Å². The fraction of sp³-hybridized carbons (Fsp3) is 0.778. The smallest absolute Gasteiger partial charge is 0.184 e. The first kappa shape index (κ1) is 10.9. The standard InChI is InChI=1S/C9H18O3Si/c1-10-13-6-4-2-3-5-11-7-9-8-12-9/h4,6,9H,2-3,5,7-8,13H2,1H3. The Hall–Kier alpha value is -0.163. The molecule has 0 aliphatic carbocycles. The second kappa shape index (κ2) is 7.26. The van der Waals surface area contributed by atoms with Crippen LogP contribution in [0.1, 0.15) is 12.8 Å². The van der Waals surface area contributed by atoms with Crippen LogP contribution in [0, 0.1) is 0 Å². The Kier molecular flexibility index (Phi) is 6.10. The molecule has 1 rings (SSSR count). The van der Waals surface area contributed by atoms with E-state index in [9.17, 15) is 0 Å². The number of hydrogen-bond acceptors (Lipinski definition) is 3. The predicted octanol–water partition coefficient (Wildman–Crippen LogP) is 0.426. The summed E-state index contributed by atoms with van der Waals surface area (Å²) in [6.07, 6.45) is 4.78. The Morgan fingerprint density at radius 1 is 1.62 bits per heavy atom. The monoisotopic (exact) mass is 202 g/mol. The Labute approximate surface area is 82.0 Å². The van der Waals surface area contributed by atoms with Gasteiger partial charge in [-0.25, -0.2) is 0 Å². The van der Waals surface area contributed by atoms with E-state index in [4.69, 9.17) is 13.9 Å². The largest absolute Gasteiger partial charge is 0.422 e. The number of epoxide rings is 1. The van der Waals surface area contributed by atoms with E-state index < -0.39 is 0 Å². The predicted molar refractivity (Wildman–Crippen MR) is 54.5 cm³/mol. The molecule has 0 aromatic carbocycles. The molecular weight excluding hydrogens is 184 g/mol. The molecule has 13 heavy (non-hydrogen) atoms. The number of unbranched alkanes of at least 4 members (excludes halogenated alkanes) is 1. The zero-order valence-corrected chi connectivity index (χ0v) is 9.61. The molecule has 0 bridgehead atoms. The maximum atomic E-state index is 5.39. The lowest BCUT2D eigenvalue weighted by molar-refractivity contribution is 0.115. The molecule has 1 aliphatic heterocycles. The number of rotatable bonds is 8. The summed E-state index contributed by atoms with van der Waals surface area (Å²) in [6.45, 7) is 2.51. The average molecular weight is 202 g/mol. The van der Waals surface area contributed by atoms with Crippen LogP contribution in [-0.2, 0) is 13.9 Å². The molecule has 1 saturated heterocycles. The highest BCUT2D eigenvalue weighted by atomic mass is 28.2. The Bertz CT molecular complexity index is 146. The van der Waals surface area contributed by atoms with E-state index in [-0.39, 0.29) is 9.76 Å². The van der Waals surface area contributed by atoms with Crippen molar-refractivity contribution in [1.82, 2.24) is 0 Å².